The Morgan fingerprint density at radius 2 is 1.96 bits per heavy atom. The van der Waals surface area contributed by atoms with E-state index in [9.17, 15) is 18.0 Å². The topological polar surface area (TPSA) is 105 Å². The fraction of sp³-hybridized carbons (Fsp3) is 0.579. The van der Waals surface area contributed by atoms with Crippen molar-refractivity contribution in [2.45, 2.75) is 82.0 Å². The number of anilines is 1. The molecule has 2 amide bonds. The lowest BCUT2D eigenvalue weighted by molar-refractivity contribution is -0.128. The van der Waals surface area contributed by atoms with E-state index in [-0.39, 0.29) is 36.3 Å². The number of nitrogens with one attached hydrogen (secondary N) is 1. The second kappa shape index (κ2) is 13.9. The Balaban J connectivity index is 0.00000432. The van der Waals surface area contributed by atoms with Crippen molar-refractivity contribution in [3.05, 3.63) is 70.3 Å². The monoisotopic (exact) mass is 711 g/mol. The molecule has 0 aromatic heterocycles. The molecule has 6 atom stereocenters. The Bertz CT molecular complexity index is 1740. The quantitative estimate of drug-likeness (QED) is 0.380. The fourth-order valence-electron chi connectivity index (χ4n) is 8.56. The minimum absolute atomic E-state index is 0. The number of halogens is 1. The molecule has 1 saturated carbocycles. The van der Waals surface area contributed by atoms with E-state index in [1.165, 1.54) is 11.1 Å². The molecule has 1 N–H and O–H groups in total. The van der Waals surface area contributed by atoms with E-state index in [0.717, 1.165) is 62.3 Å². The van der Waals surface area contributed by atoms with Crippen LogP contribution < -0.4 is 14.4 Å². The van der Waals surface area contributed by atoms with E-state index in [4.69, 9.17) is 21.1 Å². The summed E-state index contributed by atoms with van der Waals surface area (Å²) in [5, 5.41) is -0.0511. The van der Waals surface area contributed by atoms with Crippen LogP contribution in [-0.4, -0.2) is 75.9 Å². The van der Waals surface area contributed by atoms with Crippen LogP contribution in [-0.2, 0) is 31.4 Å². The van der Waals surface area contributed by atoms with Crippen LogP contribution in [0.3, 0.4) is 0 Å². The zero-order valence-electron chi connectivity index (χ0n) is 28.5. The van der Waals surface area contributed by atoms with Crippen LogP contribution in [0.25, 0.3) is 0 Å². The first-order valence-electron chi connectivity index (χ1n) is 18.0. The summed E-state index contributed by atoms with van der Waals surface area (Å²) in [6.07, 6.45) is 11.1. The zero-order valence-corrected chi connectivity index (χ0v) is 30.1. The van der Waals surface area contributed by atoms with Gasteiger partial charge in [0.25, 0.3) is 5.91 Å². The zero-order chi connectivity index (χ0) is 34.3. The highest BCUT2D eigenvalue weighted by atomic mass is 35.5. The third-order valence-electron chi connectivity index (χ3n) is 11.9. The molecule has 49 heavy (non-hydrogen) atoms. The molecule has 2 aliphatic carbocycles. The van der Waals surface area contributed by atoms with Gasteiger partial charge in [0.15, 0.2) is 0 Å². The van der Waals surface area contributed by atoms with E-state index in [0.29, 0.717) is 50.8 Å². The third-order valence-corrected chi connectivity index (χ3v) is 14.0. The maximum absolute atomic E-state index is 13.5. The summed E-state index contributed by atoms with van der Waals surface area (Å²) in [5.41, 5.74) is 3.35. The van der Waals surface area contributed by atoms with Crippen LogP contribution in [0.15, 0.2) is 48.6 Å². The van der Waals surface area contributed by atoms with Gasteiger partial charge in [-0.1, -0.05) is 36.7 Å². The molecular formula is C38H50ClN3O6S. The van der Waals surface area contributed by atoms with Gasteiger partial charge in [-0.05, 0) is 111 Å². The first-order chi connectivity index (χ1) is 23.5. The fourth-order valence-corrected chi connectivity index (χ4v) is 10.0. The SMILES string of the molecule is C[C@@H]1[C@@H](C)C/C=C/[C@H](OCCN2CCCC2=O)[C@@H]2CC[C@H]2CN2C[C@@]3(CCCc4cc(Cl)ccc43)COc3ccc(cc32)C(=O)NS1(=O)=O.[HH]. The second-order valence-electron chi connectivity index (χ2n) is 14.9. The number of benzene rings is 2. The number of sulfonamides is 1. The number of carbonyl (C=O) groups excluding carboxylic acids is 2. The van der Waals surface area contributed by atoms with E-state index >= 15 is 0 Å². The summed E-state index contributed by atoms with van der Waals surface area (Å²) in [6.45, 7) is 7.33. The number of hydrogen-bond acceptors (Lipinski definition) is 7. The number of likely N-dealkylation sites (tertiary alicyclic amines) is 1. The number of aryl methyl sites for hydroxylation is 1. The van der Waals surface area contributed by atoms with Gasteiger partial charge >= 0.3 is 0 Å². The van der Waals surface area contributed by atoms with Gasteiger partial charge in [0, 0.05) is 50.0 Å². The summed E-state index contributed by atoms with van der Waals surface area (Å²) >= 11 is 6.45. The van der Waals surface area contributed by atoms with Crippen LogP contribution in [0.5, 0.6) is 5.75 Å². The molecule has 11 heteroatoms. The summed E-state index contributed by atoms with van der Waals surface area (Å²) in [7, 11) is -3.95. The van der Waals surface area contributed by atoms with Gasteiger partial charge < -0.3 is 19.3 Å². The first kappa shape index (κ1) is 34.4. The Morgan fingerprint density at radius 3 is 2.73 bits per heavy atom. The molecule has 2 fully saturated rings. The smallest absolute Gasteiger partial charge is 0.264 e. The largest absolute Gasteiger partial charge is 0.490 e. The molecule has 5 aliphatic rings. The van der Waals surface area contributed by atoms with E-state index in [1.807, 2.05) is 30.0 Å². The van der Waals surface area contributed by atoms with Crippen molar-refractivity contribution in [1.82, 2.24) is 9.62 Å². The lowest BCUT2D eigenvalue weighted by Crippen LogP contribution is -2.50. The standard InChI is InChI=1S/C38H48ClN3O6S.H2/c1-25-6-3-8-34(47-19-18-41-17-5-9-36(41)43)31-13-10-29(31)22-42-23-38(16-4-7-27-20-30(39)12-14-32(27)38)24-48-35-15-11-28(21-33(35)42)37(44)40-49(45,46)26(25)2;/h3,8,11-12,14-15,20-21,25-26,29,31,34H,4-7,9-10,13,16-19,22-24H2,1-2H3,(H,40,44);1H/b8-3+;/t25-,26+,29-,31+,34-,38-;/m0./s1. The average Bonchev–Trinajstić information content (AvgIpc) is 3.40. The van der Waals surface area contributed by atoms with E-state index in [1.54, 1.807) is 19.1 Å². The Kier molecular flexibility index (Phi) is 9.76. The predicted octanol–water partition coefficient (Wildman–Crippen LogP) is 6.14. The molecule has 0 unspecified atom stereocenters. The van der Waals surface area contributed by atoms with Crippen molar-refractivity contribution in [2.24, 2.45) is 17.8 Å². The minimum atomic E-state index is -3.95. The molecule has 1 spiro atoms. The Morgan fingerprint density at radius 1 is 1.10 bits per heavy atom. The molecule has 9 nitrogen and oxygen atoms in total. The second-order valence-corrected chi connectivity index (χ2v) is 17.4. The number of hydrogen-bond donors (Lipinski definition) is 1. The molecule has 3 aliphatic heterocycles. The normalized spacial score (nSPS) is 31.9. The number of allylic oxidation sites excluding steroid dienone is 1. The van der Waals surface area contributed by atoms with Gasteiger partial charge in [0.2, 0.25) is 15.9 Å². The lowest BCUT2D eigenvalue weighted by atomic mass is 9.68. The van der Waals surface area contributed by atoms with Crippen molar-refractivity contribution in [2.75, 3.05) is 44.3 Å². The molecule has 7 rings (SSSR count). The van der Waals surface area contributed by atoms with Gasteiger partial charge in [0.05, 0.1) is 30.3 Å². The molecule has 0 radical (unpaired) electrons. The molecule has 3 heterocycles. The summed E-state index contributed by atoms with van der Waals surface area (Å²) in [4.78, 5) is 30.1. The van der Waals surface area contributed by atoms with Gasteiger partial charge in [-0.3, -0.25) is 9.59 Å². The number of ether oxygens (including phenoxy) is 2. The van der Waals surface area contributed by atoms with Crippen molar-refractivity contribution >= 4 is 39.1 Å². The van der Waals surface area contributed by atoms with Crippen molar-refractivity contribution in [3.8, 4) is 5.75 Å². The van der Waals surface area contributed by atoms with Crippen LogP contribution >= 0.6 is 11.6 Å². The average molecular weight is 712 g/mol. The maximum atomic E-state index is 13.5. The highest BCUT2D eigenvalue weighted by Crippen LogP contribution is 2.47. The number of nitrogens with zero attached hydrogens (tertiary/aromatic N) is 2. The molecule has 266 valence electrons. The van der Waals surface area contributed by atoms with E-state index in [2.05, 4.69) is 27.8 Å². The number of fused-ring (bicyclic) bond motifs is 4. The molecular weight excluding hydrogens is 662 g/mol. The van der Waals surface area contributed by atoms with Crippen LogP contribution in [0.2, 0.25) is 5.02 Å². The highest BCUT2D eigenvalue weighted by Gasteiger charge is 2.44. The van der Waals surface area contributed by atoms with Crippen LogP contribution in [0, 0.1) is 17.8 Å². The van der Waals surface area contributed by atoms with E-state index < -0.39 is 21.2 Å². The summed E-state index contributed by atoms with van der Waals surface area (Å²) in [5.74, 6) is 0.627. The van der Waals surface area contributed by atoms with Gasteiger partial charge in [-0.15, -0.1) is 0 Å². The Labute approximate surface area is 296 Å². The Hall–Kier alpha value is -3.08. The molecule has 1 saturated heterocycles. The lowest BCUT2D eigenvalue weighted by Gasteiger charge is -2.46. The first-order valence-corrected chi connectivity index (χ1v) is 19.9. The van der Waals surface area contributed by atoms with Gasteiger partial charge in [-0.25, -0.2) is 13.1 Å². The number of rotatable bonds is 4. The van der Waals surface area contributed by atoms with Gasteiger partial charge in [0.1, 0.15) is 5.75 Å². The molecule has 2 aromatic carbocycles. The van der Waals surface area contributed by atoms with Gasteiger partial charge in [-0.2, -0.15) is 0 Å². The number of amides is 2. The number of carbonyl (C=O) groups is 2. The third kappa shape index (κ3) is 6.97. The van der Waals surface area contributed by atoms with Crippen LogP contribution in [0.1, 0.15) is 81.7 Å². The van der Waals surface area contributed by atoms with Crippen molar-refractivity contribution < 1.29 is 28.9 Å². The van der Waals surface area contributed by atoms with Crippen molar-refractivity contribution in [1.29, 1.82) is 0 Å². The summed E-state index contributed by atoms with van der Waals surface area (Å²) < 4.78 is 42.4. The highest BCUT2D eigenvalue weighted by molar-refractivity contribution is 7.90. The van der Waals surface area contributed by atoms with Crippen molar-refractivity contribution in [3.63, 3.8) is 0 Å². The predicted molar refractivity (Wildman–Crippen MR) is 193 cm³/mol. The maximum Gasteiger partial charge on any atom is 0.264 e. The summed E-state index contributed by atoms with van der Waals surface area (Å²) in [6, 6.07) is 11.5. The minimum Gasteiger partial charge on any atom is -0.490 e. The molecule has 2 aromatic rings. The molecule has 2 bridgehead atoms. The van der Waals surface area contributed by atoms with Crippen LogP contribution in [0.4, 0.5) is 5.69 Å².